The Kier molecular flexibility index (Phi) is 102. The molecule has 4 heteroatoms. The van der Waals surface area contributed by atoms with Gasteiger partial charge in [-0.3, -0.25) is 0 Å². The average molecular weight is 216 g/mol. The van der Waals surface area contributed by atoms with Crippen molar-refractivity contribution in [2.24, 2.45) is 0 Å². The Morgan fingerprint density at radius 2 is 1.33 bits per heavy atom. The Hall–Kier alpha value is 0.933. The fourth-order valence-corrected chi connectivity index (χ4v) is 0. The fourth-order valence-electron chi connectivity index (χ4n) is 0. The van der Waals surface area contributed by atoms with Crippen LogP contribution in [-0.4, -0.2) is 4.21 Å². The molecule has 0 aliphatic rings. The van der Waals surface area contributed by atoms with Gasteiger partial charge in [-0.25, -0.2) is 0 Å². The Morgan fingerprint density at radius 1 is 1.33 bits per heavy atom. The van der Waals surface area contributed by atoms with Gasteiger partial charge in [0, 0.05) is 0 Å². The van der Waals surface area contributed by atoms with Crippen molar-refractivity contribution in [1.29, 1.82) is 0 Å². The van der Waals surface area contributed by atoms with Gasteiger partial charge in [-0.05, 0) is 0 Å². The van der Waals surface area contributed by atoms with E-state index in [-0.39, 0.29) is 12.4 Å². The van der Waals surface area contributed by atoms with Gasteiger partial charge in [0.1, 0.15) is 0 Å². The quantitative estimate of drug-likeness (QED) is 0.429. The van der Waals surface area contributed by atoms with Gasteiger partial charge in [-0.2, -0.15) is 4.21 Å². The second-order valence-electron chi connectivity index (χ2n) is 0.333. The van der Waals surface area contributed by atoms with Crippen LogP contribution in [0, 0.1) is 0 Å². The van der Waals surface area contributed by atoms with Crippen LogP contribution < -0.4 is 12.4 Å². The maximum atomic E-state index is 7.83. The van der Waals surface area contributed by atoms with Crippen LogP contribution in [0.4, 0.5) is 0 Å². The third-order valence-electron chi connectivity index (χ3n) is 0. The monoisotopic (exact) mass is 216 g/mol. The molecule has 42 valence electrons. The largest absolute Gasteiger partial charge is 1.00 e. The standard InChI is InChI=1S/2CH3.ClH.OS.Rh/c;;;1-2;/h2*1H3;1H;;/q;;;;+1/p-1. The molecule has 0 rings (SSSR count). The molecule has 0 fully saturated rings. The van der Waals surface area contributed by atoms with Crippen LogP contribution in [0.25, 0.3) is 0 Å². The third kappa shape index (κ3) is 87.6. The van der Waals surface area contributed by atoms with Crippen molar-refractivity contribution < 1.29 is 33.7 Å². The molecule has 0 radical (unpaired) electrons. The summed E-state index contributed by atoms with van der Waals surface area (Å²) in [6, 6.07) is 0. The molecular formula is C2H6ClORhS. The molecule has 0 bridgehead atoms. The molecular weight excluding hydrogens is 210 g/mol. The van der Waals surface area contributed by atoms with E-state index in [0.717, 1.165) is 17.1 Å². The summed E-state index contributed by atoms with van der Waals surface area (Å²) >= 11 is 3.66. The molecule has 6 heavy (non-hydrogen) atoms. The van der Waals surface area contributed by atoms with Crippen LogP contribution in [0.5, 0.6) is 0 Å². The maximum Gasteiger partial charge on any atom is -1.00 e. The molecule has 0 aliphatic heterocycles. The van der Waals surface area contributed by atoms with Crippen LogP contribution in [0.3, 0.4) is 0 Å². The molecule has 0 amide bonds. The number of hydrogen-bond acceptors (Lipinski definition) is 2. The van der Waals surface area contributed by atoms with E-state index < -0.39 is 0 Å². The van der Waals surface area contributed by atoms with Crippen LogP contribution in [0.2, 0.25) is 11.0 Å². The minimum Gasteiger partial charge on any atom is -1.00 e. The zero-order chi connectivity index (χ0) is 4.71. The Bertz CT molecular complexity index is 17.5. The summed E-state index contributed by atoms with van der Waals surface area (Å²) < 4.78 is 7.83. The van der Waals surface area contributed by atoms with Crippen LogP contribution in [0.15, 0.2) is 0 Å². The molecule has 0 unspecified atom stereocenters. The van der Waals surface area contributed by atoms with Crippen molar-refractivity contribution in [3.63, 3.8) is 0 Å². The Balaban J connectivity index is -0.0000000275. The number of halogens is 1. The summed E-state index contributed by atoms with van der Waals surface area (Å²) in [6.45, 7) is 0. The van der Waals surface area contributed by atoms with E-state index in [9.17, 15) is 0 Å². The molecule has 0 N–H and O–H groups in total. The summed E-state index contributed by atoms with van der Waals surface area (Å²) in [5, 5.41) is 0. The van der Waals surface area contributed by atoms with E-state index >= 15 is 0 Å². The minimum atomic E-state index is 0. The summed E-state index contributed by atoms with van der Waals surface area (Å²) in [5.74, 6) is 0. The zero-order valence-electron chi connectivity index (χ0n) is 3.53. The van der Waals surface area contributed by atoms with E-state index in [0.29, 0.717) is 0 Å². The average Bonchev–Trinajstić information content (AvgIpc) is 1.46. The smallest absolute Gasteiger partial charge is 1.00 e. The van der Waals surface area contributed by atoms with Gasteiger partial charge >= 0.3 is 28.2 Å². The molecule has 0 saturated carbocycles. The van der Waals surface area contributed by atoms with E-state index in [1.54, 1.807) is 0 Å². The Morgan fingerprint density at radius 3 is 1.33 bits per heavy atom. The first-order valence-corrected chi connectivity index (χ1v) is 4.44. The molecule has 0 atom stereocenters. The van der Waals surface area contributed by atoms with Crippen LogP contribution in [0.1, 0.15) is 0 Å². The molecule has 0 aromatic heterocycles. The summed E-state index contributed by atoms with van der Waals surface area (Å²) in [4.78, 5) is 0. The normalized spacial score (nSPS) is 4.33. The van der Waals surface area contributed by atoms with Gasteiger partial charge in [0.2, 0.25) is 0 Å². The van der Waals surface area contributed by atoms with Crippen LogP contribution >= 0.6 is 0 Å². The fraction of sp³-hybridized carbons (Fsp3) is 1.00. The van der Waals surface area contributed by atoms with Crippen molar-refractivity contribution in [2.75, 3.05) is 0 Å². The number of rotatable bonds is 0. The van der Waals surface area contributed by atoms with Gasteiger partial charge in [0.15, 0.2) is 12.5 Å². The molecule has 0 aliphatic carbocycles. The van der Waals surface area contributed by atoms with Gasteiger partial charge in [-0.1, -0.05) is 0 Å². The van der Waals surface area contributed by atoms with Gasteiger partial charge in [-0.15, -0.1) is 0 Å². The van der Waals surface area contributed by atoms with Gasteiger partial charge in [0.05, 0.1) is 0 Å². The van der Waals surface area contributed by atoms with Crippen molar-refractivity contribution in [2.45, 2.75) is 11.0 Å². The predicted molar refractivity (Wildman–Crippen MR) is 19.9 cm³/mol. The van der Waals surface area contributed by atoms with E-state index in [1.807, 2.05) is 0 Å². The SMILES string of the molecule is O=S.[CH3][Rh+][CH3].[Cl-]. The third-order valence-corrected chi connectivity index (χ3v) is 0. The number of hydrogen-bond donors (Lipinski definition) is 0. The second kappa shape index (κ2) is 38.6. The summed E-state index contributed by atoms with van der Waals surface area (Å²) in [7, 11) is 0. The molecule has 0 aromatic carbocycles. The van der Waals surface area contributed by atoms with Gasteiger partial charge in [0.25, 0.3) is 0 Å². The molecule has 0 saturated heterocycles. The first-order valence-electron chi connectivity index (χ1n) is 0.833. The van der Waals surface area contributed by atoms with E-state index in [2.05, 4.69) is 23.6 Å². The first-order chi connectivity index (χ1) is 2.41. The topological polar surface area (TPSA) is 17.1 Å². The Labute approximate surface area is 57.4 Å². The van der Waals surface area contributed by atoms with Crippen molar-refractivity contribution in [3.8, 4) is 0 Å². The second-order valence-corrected chi connectivity index (χ2v) is 1.97. The molecule has 0 spiro atoms. The van der Waals surface area contributed by atoms with Crippen molar-refractivity contribution in [1.82, 2.24) is 0 Å². The summed E-state index contributed by atoms with van der Waals surface area (Å²) in [6.07, 6.45) is 0. The van der Waals surface area contributed by atoms with E-state index in [1.165, 1.54) is 0 Å². The van der Waals surface area contributed by atoms with E-state index in [4.69, 9.17) is 4.21 Å². The summed E-state index contributed by atoms with van der Waals surface area (Å²) in [5.41, 5.74) is 4.39. The minimum absolute atomic E-state index is 0. The molecule has 0 aromatic rings. The molecule has 0 heterocycles. The first kappa shape index (κ1) is 15.8. The van der Waals surface area contributed by atoms with Crippen molar-refractivity contribution in [3.05, 3.63) is 0 Å². The zero-order valence-corrected chi connectivity index (χ0v) is 6.74. The van der Waals surface area contributed by atoms with Crippen LogP contribution in [-0.2, 0) is 29.7 Å². The maximum absolute atomic E-state index is 7.83. The van der Waals surface area contributed by atoms with Crippen molar-refractivity contribution >= 4 is 12.5 Å². The molecule has 1 nitrogen and oxygen atoms in total. The van der Waals surface area contributed by atoms with Gasteiger partial charge < -0.3 is 12.4 Å². The predicted octanol–water partition coefficient (Wildman–Crippen LogP) is -2.17.